The van der Waals surface area contributed by atoms with Crippen molar-refractivity contribution in [2.75, 3.05) is 6.54 Å². The van der Waals surface area contributed by atoms with Crippen LogP contribution in [0.3, 0.4) is 0 Å². The molecule has 2 aromatic heterocycles. The Balaban J connectivity index is 1.54. The predicted octanol–water partition coefficient (Wildman–Crippen LogP) is 5.83. The molecule has 0 radical (unpaired) electrons. The molecule has 1 aromatic carbocycles. The molecule has 1 fully saturated rings. The molecule has 0 amide bonds. The summed E-state index contributed by atoms with van der Waals surface area (Å²) >= 11 is 5.23. The number of benzene rings is 1. The zero-order valence-corrected chi connectivity index (χ0v) is 17.5. The molecule has 0 N–H and O–H groups in total. The second kappa shape index (κ2) is 7.04. The quantitative estimate of drug-likeness (QED) is 0.495. The van der Waals surface area contributed by atoms with Gasteiger partial charge >= 0.3 is 0 Å². The minimum Gasteiger partial charge on any atom is -0.459 e. The van der Waals surface area contributed by atoms with Gasteiger partial charge in [0.1, 0.15) is 29.4 Å². The summed E-state index contributed by atoms with van der Waals surface area (Å²) in [6, 6.07) is 14.3. The highest BCUT2D eigenvalue weighted by Gasteiger charge is 2.45. The van der Waals surface area contributed by atoms with Crippen LogP contribution in [0, 0.1) is 5.82 Å². The van der Waals surface area contributed by atoms with Crippen LogP contribution >= 0.6 is 27.7 Å². The Morgan fingerprint density at radius 2 is 2.11 bits per heavy atom. The number of furan rings is 1. The van der Waals surface area contributed by atoms with Crippen molar-refractivity contribution in [1.82, 2.24) is 9.88 Å². The fourth-order valence-corrected chi connectivity index (χ4v) is 5.41. The van der Waals surface area contributed by atoms with Crippen molar-refractivity contribution in [3.8, 4) is 11.3 Å². The molecular weight excluding hydrogens is 441 g/mol. The molecule has 5 rings (SSSR count). The molecule has 4 heterocycles. The Kier molecular flexibility index (Phi) is 4.51. The van der Waals surface area contributed by atoms with Crippen LogP contribution in [0.2, 0.25) is 0 Å². The van der Waals surface area contributed by atoms with E-state index in [1.165, 1.54) is 12.1 Å². The lowest BCUT2D eigenvalue weighted by Crippen LogP contribution is -2.28. The van der Waals surface area contributed by atoms with Crippen LogP contribution in [0.25, 0.3) is 11.3 Å². The van der Waals surface area contributed by atoms with Crippen molar-refractivity contribution in [3.05, 3.63) is 76.5 Å². The highest BCUT2D eigenvalue weighted by atomic mass is 79.9. The monoisotopic (exact) mass is 457 g/mol. The third kappa shape index (κ3) is 3.06. The predicted molar refractivity (Wildman–Crippen MR) is 113 cm³/mol. The number of halogens is 2. The molecule has 3 aromatic rings. The van der Waals surface area contributed by atoms with E-state index in [4.69, 9.17) is 9.41 Å². The van der Waals surface area contributed by atoms with Crippen LogP contribution in [-0.4, -0.2) is 26.8 Å². The van der Waals surface area contributed by atoms with Gasteiger partial charge < -0.3 is 9.32 Å². The number of rotatable bonds is 3. The molecule has 0 aliphatic carbocycles. The first-order chi connectivity index (χ1) is 13.6. The Hall–Kier alpha value is -2.12. The summed E-state index contributed by atoms with van der Waals surface area (Å²) in [5.41, 5.74) is 1.76. The van der Waals surface area contributed by atoms with E-state index in [-0.39, 0.29) is 17.9 Å². The van der Waals surface area contributed by atoms with Crippen molar-refractivity contribution < 1.29 is 8.81 Å². The highest BCUT2D eigenvalue weighted by molar-refractivity contribution is 9.10. The largest absolute Gasteiger partial charge is 0.459 e. The number of thioether (sulfide) groups is 1. The van der Waals surface area contributed by atoms with Gasteiger partial charge in [-0.3, -0.25) is 4.98 Å². The molecule has 0 spiro atoms. The molecule has 0 unspecified atom stereocenters. The molecule has 0 saturated carbocycles. The Morgan fingerprint density at radius 3 is 2.89 bits per heavy atom. The first-order valence-electron chi connectivity index (χ1n) is 9.07. The molecule has 3 atom stereocenters. The summed E-state index contributed by atoms with van der Waals surface area (Å²) in [6.07, 6.45) is 1.80. The molecule has 2 aliphatic rings. The maximum Gasteiger partial charge on any atom is 0.161 e. The SMILES string of the molecule is C[C@H]1CN2C(=N[C@@H](c3ccccn3)[C@@H]2c2ccc(-c3ccc(F)cc3Br)o2)S1. The van der Waals surface area contributed by atoms with Gasteiger partial charge in [0, 0.05) is 28.0 Å². The van der Waals surface area contributed by atoms with Gasteiger partial charge in [-0.25, -0.2) is 9.38 Å². The lowest BCUT2D eigenvalue weighted by atomic mass is 10.0. The molecule has 28 heavy (non-hydrogen) atoms. The minimum absolute atomic E-state index is 0.0321. The lowest BCUT2D eigenvalue weighted by molar-refractivity contribution is 0.277. The van der Waals surface area contributed by atoms with Crippen LogP contribution in [0.5, 0.6) is 0 Å². The molecule has 7 heteroatoms. The van der Waals surface area contributed by atoms with E-state index in [9.17, 15) is 4.39 Å². The van der Waals surface area contributed by atoms with Crippen molar-refractivity contribution in [3.63, 3.8) is 0 Å². The number of hydrogen-bond acceptors (Lipinski definition) is 5. The summed E-state index contributed by atoms with van der Waals surface area (Å²) in [5, 5.41) is 1.54. The number of amidine groups is 1. The van der Waals surface area contributed by atoms with Crippen molar-refractivity contribution in [2.24, 2.45) is 4.99 Å². The summed E-state index contributed by atoms with van der Waals surface area (Å²) in [7, 11) is 0. The van der Waals surface area contributed by atoms with Gasteiger partial charge in [-0.2, -0.15) is 0 Å². The molecule has 1 saturated heterocycles. The van der Waals surface area contributed by atoms with Crippen LogP contribution in [0.15, 0.2) is 68.6 Å². The van der Waals surface area contributed by atoms with Crippen molar-refractivity contribution >= 4 is 32.9 Å². The standard InChI is InChI=1S/C21H17BrFN3OS/c1-12-11-26-20(19(25-21(26)28-12)16-4-2-3-9-24-16)18-8-7-17(27-18)14-6-5-13(23)10-15(14)22/h2-10,12,19-20H,11H2,1H3/t12-,19-,20-/m0/s1. The summed E-state index contributed by atoms with van der Waals surface area (Å²) in [5.74, 6) is 1.26. The Bertz CT molecular complexity index is 1050. The van der Waals surface area contributed by atoms with E-state index in [2.05, 4.69) is 32.7 Å². The van der Waals surface area contributed by atoms with E-state index in [1.54, 1.807) is 24.0 Å². The lowest BCUT2D eigenvalue weighted by Gasteiger charge is -2.25. The number of hydrogen-bond donors (Lipinski definition) is 0. The topological polar surface area (TPSA) is 41.6 Å². The van der Waals surface area contributed by atoms with Gasteiger partial charge in [0.25, 0.3) is 0 Å². The van der Waals surface area contributed by atoms with E-state index in [1.807, 2.05) is 30.3 Å². The first-order valence-corrected chi connectivity index (χ1v) is 10.7. The fraction of sp³-hybridized carbons (Fsp3) is 0.238. The maximum absolute atomic E-state index is 13.4. The zero-order valence-electron chi connectivity index (χ0n) is 15.0. The molecule has 4 nitrogen and oxygen atoms in total. The van der Waals surface area contributed by atoms with Gasteiger partial charge in [0.15, 0.2) is 5.17 Å². The van der Waals surface area contributed by atoms with Gasteiger partial charge in [-0.1, -0.05) is 24.8 Å². The second-order valence-electron chi connectivity index (χ2n) is 6.96. The number of fused-ring (bicyclic) bond motifs is 1. The van der Waals surface area contributed by atoms with Crippen LogP contribution < -0.4 is 0 Å². The summed E-state index contributed by atoms with van der Waals surface area (Å²) in [6.45, 7) is 3.13. The van der Waals surface area contributed by atoms with Gasteiger partial charge in [0.05, 0.1) is 5.69 Å². The van der Waals surface area contributed by atoms with E-state index >= 15 is 0 Å². The Labute approximate surface area is 175 Å². The Morgan fingerprint density at radius 1 is 1.21 bits per heavy atom. The van der Waals surface area contributed by atoms with Crippen LogP contribution in [0.4, 0.5) is 4.39 Å². The molecule has 0 bridgehead atoms. The number of aromatic nitrogens is 1. The van der Waals surface area contributed by atoms with Gasteiger partial charge in [-0.05, 0) is 58.4 Å². The van der Waals surface area contributed by atoms with Crippen molar-refractivity contribution in [2.45, 2.75) is 24.3 Å². The number of nitrogens with zero attached hydrogens (tertiary/aromatic N) is 3. The van der Waals surface area contributed by atoms with Crippen LogP contribution in [0.1, 0.15) is 30.5 Å². The molecular formula is C21H17BrFN3OS. The van der Waals surface area contributed by atoms with Crippen molar-refractivity contribution in [1.29, 1.82) is 0 Å². The van der Waals surface area contributed by atoms with E-state index in [0.29, 0.717) is 15.5 Å². The molecule has 2 aliphatic heterocycles. The smallest absolute Gasteiger partial charge is 0.161 e. The fourth-order valence-electron chi connectivity index (χ4n) is 3.77. The average molecular weight is 458 g/mol. The summed E-state index contributed by atoms with van der Waals surface area (Å²) in [4.78, 5) is 11.8. The normalized spacial score (nSPS) is 23.8. The van der Waals surface area contributed by atoms with E-state index in [0.717, 1.165) is 28.7 Å². The minimum atomic E-state index is -0.283. The third-order valence-electron chi connectivity index (χ3n) is 5.00. The second-order valence-corrected chi connectivity index (χ2v) is 9.22. The number of aliphatic imine (C=N–C) groups is 1. The van der Waals surface area contributed by atoms with Gasteiger partial charge in [0.2, 0.25) is 0 Å². The third-order valence-corrected chi connectivity index (χ3v) is 6.75. The van der Waals surface area contributed by atoms with Gasteiger partial charge in [-0.15, -0.1) is 0 Å². The van der Waals surface area contributed by atoms with E-state index < -0.39 is 0 Å². The average Bonchev–Trinajstić information content (AvgIpc) is 3.36. The zero-order chi connectivity index (χ0) is 19.3. The first kappa shape index (κ1) is 17.9. The molecule has 142 valence electrons. The highest BCUT2D eigenvalue weighted by Crippen LogP contribution is 2.48. The maximum atomic E-state index is 13.4. The van der Waals surface area contributed by atoms with Crippen LogP contribution in [-0.2, 0) is 0 Å². The number of pyridine rings is 1. The summed E-state index contributed by atoms with van der Waals surface area (Å²) < 4.78 is 20.4.